The van der Waals surface area contributed by atoms with Gasteiger partial charge in [-0.3, -0.25) is 19.2 Å². The van der Waals surface area contributed by atoms with Crippen molar-refractivity contribution in [1.29, 1.82) is 0 Å². The van der Waals surface area contributed by atoms with Gasteiger partial charge in [-0.25, -0.2) is 0 Å². The number of nitrogens with zero attached hydrogens (tertiary/aromatic N) is 1. The minimum atomic E-state index is -1.29. The van der Waals surface area contributed by atoms with Gasteiger partial charge in [0.2, 0.25) is 5.91 Å². The summed E-state index contributed by atoms with van der Waals surface area (Å²) in [5.74, 6) is -1.96. The summed E-state index contributed by atoms with van der Waals surface area (Å²) in [5, 5.41) is 16.5. The highest BCUT2D eigenvalue weighted by Gasteiger charge is 2.76. The summed E-state index contributed by atoms with van der Waals surface area (Å²) in [7, 11) is 0. The summed E-state index contributed by atoms with van der Waals surface area (Å²) in [6, 6.07) is 13.9. The van der Waals surface area contributed by atoms with Crippen molar-refractivity contribution in [3.63, 3.8) is 0 Å². The van der Waals surface area contributed by atoms with Crippen LogP contribution in [0.4, 0.5) is 0 Å². The van der Waals surface area contributed by atoms with Crippen molar-refractivity contribution in [2.45, 2.75) is 121 Å². The average molecular weight is 790 g/mol. The number of carbonyl (C=O) groups excluding carboxylic acids is 3. The van der Waals surface area contributed by atoms with E-state index in [1.54, 1.807) is 23.3 Å². The largest absolute Gasteiger partial charge is 0.458 e. The number of halogens is 1. The van der Waals surface area contributed by atoms with E-state index >= 15 is 0 Å². The minimum Gasteiger partial charge on any atom is -0.458 e. The van der Waals surface area contributed by atoms with E-state index < -0.39 is 47.6 Å². The molecule has 3 N–H and O–H groups in total. The molecule has 1 aliphatic carbocycles. The number of aliphatic hydroxyl groups is 1. The summed E-state index contributed by atoms with van der Waals surface area (Å²) in [5.41, 5.74) is 0.827. The standard InChI is InChI=1S/C37H48IN3O8/c1-3-5-9-16-36(17-10-6-4-2)47-29-28-21-37(35(45)40-22-24-12-11-14-25(20-24)33(43)39-18-19-42)31(34(44)46-28)41(49-32(37)30(29)48-36)23-26-13-7-8-15-27(26)38/h7-8,11-15,20,28-32,42H,3-6,9-10,16-19,21-23H2,1-2H3,(H,39,43)(H,40,45)/t28?,29-,30-,31-,32+,37?/m0/s1. The SMILES string of the molecule is CCCCCC1(CCCCC)O[C@@H]2[C@H]3ON(Cc4ccccc4I)[C@H]4C(=O)OC(CC34C(=O)NCc3cccc(C(=O)NCCO)c3)[C@@H]2O1. The molecule has 12 heteroatoms. The van der Waals surface area contributed by atoms with Crippen LogP contribution in [0.3, 0.4) is 0 Å². The van der Waals surface area contributed by atoms with Crippen molar-refractivity contribution in [2.24, 2.45) is 5.41 Å². The predicted octanol–water partition coefficient (Wildman–Crippen LogP) is 4.77. The van der Waals surface area contributed by atoms with Gasteiger partial charge in [-0.15, -0.1) is 0 Å². The quantitative estimate of drug-likeness (QED) is 0.125. The highest BCUT2D eigenvalue weighted by Crippen LogP contribution is 2.58. The van der Waals surface area contributed by atoms with Gasteiger partial charge >= 0.3 is 5.97 Å². The minimum absolute atomic E-state index is 0.140. The Morgan fingerprint density at radius 1 is 0.980 bits per heavy atom. The molecule has 2 unspecified atom stereocenters. The van der Waals surface area contributed by atoms with E-state index in [0.29, 0.717) is 5.56 Å². The zero-order chi connectivity index (χ0) is 34.6. The molecule has 6 rings (SSSR count). The lowest BCUT2D eigenvalue weighted by atomic mass is 9.62. The molecule has 0 aromatic heterocycles. The van der Waals surface area contributed by atoms with Gasteiger partial charge in [0, 0.05) is 41.5 Å². The lowest BCUT2D eigenvalue weighted by Crippen LogP contribution is -2.69. The Hall–Kier alpha value is -2.62. The molecule has 0 radical (unpaired) electrons. The normalized spacial score (nSPS) is 28.2. The number of benzene rings is 2. The number of aliphatic hydroxyl groups excluding tert-OH is 1. The van der Waals surface area contributed by atoms with Gasteiger partial charge in [0.25, 0.3) is 5.91 Å². The lowest BCUT2D eigenvalue weighted by molar-refractivity contribution is -0.224. The number of unbranched alkanes of at least 4 members (excludes halogenated alkanes) is 4. The molecular formula is C37H48IN3O8. The number of rotatable bonds is 16. The zero-order valence-corrected chi connectivity index (χ0v) is 30.5. The van der Waals surface area contributed by atoms with Crippen LogP contribution in [0, 0.1) is 8.99 Å². The zero-order valence-electron chi connectivity index (χ0n) is 28.3. The molecule has 2 aromatic rings. The number of amides is 2. The van der Waals surface area contributed by atoms with Gasteiger partial charge in [0.05, 0.1) is 13.2 Å². The van der Waals surface area contributed by atoms with Crippen molar-refractivity contribution < 1.29 is 38.5 Å². The van der Waals surface area contributed by atoms with E-state index in [-0.39, 0.29) is 44.5 Å². The topological polar surface area (TPSA) is 136 Å². The van der Waals surface area contributed by atoms with E-state index in [9.17, 15) is 14.4 Å². The fourth-order valence-corrected chi connectivity index (χ4v) is 8.49. The molecule has 3 aliphatic heterocycles. The fourth-order valence-electron chi connectivity index (χ4n) is 7.93. The third-order valence-corrected chi connectivity index (χ3v) is 11.4. The number of carbonyl (C=O) groups is 3. The molecule has 4 aliphatic rings. The first kappa shape index (κ1) is 36.2. The van der Waals surface area contributed by atoms with Crippen molar-refractivity contribution >= 4 is 40.4 Å². The molecule has 3 saturated heterocycles. The van der Waals surface area contributed by atoms with E-state index in [4.69, 9.17) is 24.2 Å². The molecule has 1 saturated carbocycles. The van der Waals surface area contributed by atoms with Crippen LogP contribution in [-0.4, -0.2) is 77.3 Å². The Morgan fingerprint density at radius 2 is 1.71 bits per heavy atom. The first-order chi connectivity index (χ1) is 23.7. The molecule has 266 valence electrons. The monoisotopic (exact) mass is 789 g/mol. The van der Waals surface area contributed by atoms with Crippen LogP contribution in [0.5, 0.6) is 0 Å². The second-order valence-electron chi connectivity index (χ2n) is 13.7. The Bertz CT molecular complexity index is 1500. The molecule has 2 aromatic carbocycles. The maximum absolute atomic E-state index is 14.7. The molecule has 49 heavy (non-hydrogen) atoms. The van der Waals surface area contributed by atoms with Gasteiger partial charge in [0.15, 0.2) is 11.8 Å². The highest BCUT2D eigenvalue weighted by molar-refractivity contribution is 14.1. The van der Waals surface area contributed by atoms with E-state index in [0.717, 1.165) is 66.1 Å². The van der Waals surface area contributed by atoms with Crippen LogP contribution < -0.4 is 10.6 Å². The number of hydroxylamine groups is 2. The number of nitrogens with one attached hydrogen (secondary N) is 2. The molecule has 4 fully saturated rings. The summed E-state index contributed by atoms with van der Waals surface area (Å²) < 4.78 is 21.0. The van der Waals surface area contributed by atoms with Gasteiger partial charge < -0.3 is 30.0 Å². The predicted molar refractivity (Wildman–Crippen MR) is 189 cm³/mol. The molecule has 0 spiro atoms. The molecular weight excluding hydrogens is 741 g/mol. The molecule has 2 amide bonds. The third kappa shape index (κ3) is 7.27. The molecule has 3 heterocycles. The first-order valence-corrected chi connectivity index (χ1v) is 18.8. The van der Waals surface area contributed by atoms with Gasteiger partial charge in [-0.1, -0.05) is 69.9 Å². The van der Waals surface area contributed by atoms with Crippen molar-refractivity contribution in [1.82, 2.24) is 15.7 Å². The number of esters is 1. The Kier molecular flexibility index (Phi) is 11.6. The second-order valence-corrected chi connectivity index (χ2v) is 14.8. The van der Waals surface area contributed by atoms with Crippen molar-refractivity contribution in [3.8, 4) is 0 Å². The smallest absolute Gasteiger partial charge is 0.327 e. The Balaban J connectivity index is 1.32. The van der Waals surface area contributed by atoms with Crippen molar-refractivity contribution in [3.05, 3.63) is 68.8 Å². The van der Waals surface area contributed by atoms with Gasteiger partial charge in [-0.2, -0.15) is 5.06 Å². The fraction of sp³-hybridized carbons (Fsp3) is 0.595. The highest BCUT2D eigenvalue weighted by atomic mass is 127. The van der Waals surface area contributed by atoms with E-state index in [1.165, 1.54) is 0 Å². The third-order valence-electron chi connectivity index (χ3n) is 10.3. The Morgan fingerprint density at radius 3 is 2.43 bits per heavy atom. The van der Waals surface area contributed by atoms with Crippen LogP contribution >= 0.6 is 22.6 Å². The number of fused-ring (bicyclic) bond motifs is 4. The molecule has 2 bridgehead atoms. The molecule has 11 nitrogen and oxygen atoms in total. The average Bonchev–Trinajstić information content (AvgIpc) is 3.66. The maximum atomic E-state index is 14.7. The molecule has 6 atom stereocenters. The van der Waals surface area contributed by atoms with Crippen molar-refractivity contribution in [2.75, 3.05) is 13.2 Å². The summed E-state index contributed by atoms with van der Waals surface area (Å²) in [4.78, 5) is 48.0. The maximum Gasteiger partial charge on any atom is 0.327 e. The van der Waals surface area contributed by atoms with Crippen LogP contribution in [-0.2, 0) is 41.7 Å². The summed E-state index contributed by atoms with van der Waals surface area (Å²) >= 11 is 2.27. The van der Waals surface area contributed by atoms with E-state index in [2.05, 4.69) is 47.1 Å². The summed E-state index contributed by atoms with van der Waals surface area (Å²) in [6.07, 6.45) is 5.24. The lowest BCUT2D eigenvalue weighted by Gasteiger charge is -2.48. The second kappa shape index (κ2) is 15.7. The van der Waals surface area contributed by atoms with Crippen LogP contribution in [0.15, 0.2) is 48.5 Å². The Labute approximate surface area is 301 Å². The summed E-state index contributed by atoms with van der Waals surface area (Å²) in [6.45, 7) is 4.75. The van der Waals surface area contributed by atoms with Crippen LogP contribution in [0.25, 0.3) is 0 Å². The number of hydrogen-bond acceptors (Lipinski definition) is 9. The van der Waals surface area contributed by atoms with Gasteiger partial charge in [-0.05, 0) is 64.8 Å². The van der Waals surface area contributed by atoms with E-state index in [1.807, 2.05) is 30.3 Å². The number of ether oxygens (including phenoxy) is 3. The first-order valence-electron chi connectivity index (χ1n) is 17.7. The van der Waals surface area contributed by atoms with Crippen LogP contribution in [0.1, 0.15) is 93.1 Å². The van der Waals surface area contributed by atoms with Gasteiger partial charge in [0.1, 0.15) is 29.8 Å². The van der Waals surface area contributed by atoms with Crippen LogP contribution in [0.2, 0.25) is 0 Å². The number of hydrogen-bond donors (Lipinski definition) is 3.